The van der Waals surface area contributed by atoms with Crippen LogP contribution in [0.3, 0.4) is 0 Å². The predicted molar refractivity (Wildman–Crippen MR) is 81.1 cm³/mol. The fourth-order valence-electron chi connectivity index (χ4n) is 2.95. The molecular weight excluding hydrogens is 300 g/mol. The molecule has 2 aliphatic heterocycles. The smallest absolute Gasteiger partial charge is 0.320 e. The third-order valence-corrected chi connectivity index (χ3v) is 4.38. The molecule has 1 aromatic heterocycles. The lowest BCUT2D eigenvalue weighted by Crippen LogP contribution is -2.52. The lowest BCUT2D eigenvalue weighted by molar-refractivity contribution is 0.0407. The Balaban J connectivity index is 1.47. The molecule has 3 rings (SSSR count). The number of amides is 3. The average Bonchev–Trinajstić information content (AvgIpc) is 3.02. The quantitative estimate of drug-likeness (QED) is 0.863. The van der Waals surface area contributed by atoms with E-state index in [0.29, 0.717) is 50.7 Å². The maximum atomic E-state index is 12.4. The molecular formula is C15H22N4O4. The van der Waals surface area contributed by atoms with Crippen molar-refractivity contribution >= 4 is 11.9 Å². The number of ether oxygens (including phenoxy) is 1. The summed E-state index contributed by atoms with van der Waals surface area (Å²) in [6, 6.07) is 0.151. The Bertz CT molecular complexity index is 560. The van der Waals surface area contributed by atoms with E-state index in [1.54, 1.807) is 6.92 Å². The Kier molecular flexibility index (Phi) is 4.80. The molecule has 8 nitrogen and oxygen atoms in total. The molecule has 0 aromatic carbocycles. The molecule has 23 heavy (non-hydrogen) atoms. The van der Waals surface area contributed by atoms with Crippen LogP contribution < -0.4 is 5.32 Å². The minimum absolute atomic E-state index is 0.0746. The predicted octanol–water partition coefficient (Wildman–Crippen LogP) is 0.629. The van der Waals surface area contributed by atoms with Gasteiger partial charge in [0.05, 0.1) is 19.4 Å². The van der Waals surface area contributed by atoms with Gasteiger partial charge in [0, 0.05) is 32.2 Å². The topological polar surface area (TPSA) is 87.9 Å². The summed E-state index contributed by atoms with van der Waals surface area (Å²) in [5, 5.41) is 6.61. The Morgan fingerprint density at radius 3 is 2.43 bits per heavy atom. The average molecular weight is 322 g/mol. The maximum Gasteiger partial charge on any atom is 0.320 e. The Hall–Kier alpha value is -2.09. The van der Waals surface area contributed by atoms with E-state index in [1.807, 2.05) is 9.80 Å². The molecule has 0 saturated carbocycles. The summed E-state index contributed by atoms with van der Waals surface area (Å²) in [7, 11) is 0. The molecule has 126 valence electrons. The second kappa shape index (κ2) is 6.99. The first kappa shape index (κ1) is 15.8. The lowest BCUT2D eigenvalue weighted by atomic mass is 10.0. The zero-order chi connectivity index (χ0) is 16.2. The van der Waals surface area contributed by atoms with Crippen molar-refractivity contribution in [1.82, 2.24) is 20.3 Å². The summed E-state index contributed by atoms with van der Waals surface area (Å²) in [5.41, 5.74) is 0.469. The van der Waals surface area contributed by atoms with Crippen molar-refractivity contribution in [3.63, 3.8) is 0 Å². The number of nitrogens with one attached hydrogen (secondary N) is 1. The minimum atomic E-state index is -0.165. The number of aromatic nitrogens is 1. The molecule has 0 spiro atoms. The summed E-state index contributed by atoms with van der Waals surface area (Å²) in [6.45, 7) is 5.55. The summed E-state index contributed by atoms with van der Waals surface area (Å²) in [5.74, 6) is 0.351. The van der Waals surface area contributed by atoms with Crippen molar-refractivity contribution in [2.75, 3.05) is 39.4 Å². The molecule has 2 saturated heterocycles. The van der Waals surface area contributed by atoms with Gasteiger partial charge >= 0.3 is 6.03 Å². The van der Waals surface area contributed by atoms with Crippen molar-refractivity contribution in [3.8, 4) is 0 Å². The van der Waals surface area contributed by atoms with Crippen LogP contribution in [0.1, 0.15) is 29.0 Å². The molecule has 0 radical (unpaired) electrons. The highest BCUT2D eigenvalue weighted by atomic mass is 16.5. The van der Waals surface area contributed by atoms with Gasteiger partial charge in [-0.15, -0.1) is 0 Å². The highest BCUT2D eigenvalue weighted by molar-refractivity contribution is 5.94. The van der Waals surface area contributed by atoms with Gasteiger partial charge in [-0.2, -0.15) is 0 Å². The normalized spacial score (nSPS) is 19.7. The van der Waals surface area contributed by atoms with Gasteiger partial charge in [0.1, 0.15) is 11.3 Å². The van der Waals surface area contributed by atoms with Crippen LogP contribution in [0.4, 0.5) is 4.79 Å². The first-order valence-corrected chi connectivity index (χ1v) is 7.99. The molecule has 0 unspecified atom stereocenters. The van der Waals surface area contributed by atoms with Crippen LogP contribution in [0.25, 0.3) is 0 Å². The van der Waals surface area contributed by atoms with Crippen LogP contribution >= 0.6 is 0 Å². The van der Waals surface area contributed by atoms with Gasteiger partial charge in [-0.3, -0.25) is 4.79 Å². The number of carbonyl (C=O) groups excluding carboxylic acids is 2. The first-order chi connectivity index (χ1) is 11.1. The van der Waals surface area contributed by atoms with Crippen LogP contribution in [-0.4, -0.2) is 72.3 Å². The SMILES string of the molecule is Cc1oncc1C(=O)NC1CCN(C(=O)N2CCOCC2)CC1. The zero-order valence-corrected chi connectivity index (χ0v) is 13.3. The third-order valence-electron chi connectivity index (χ3n) is 4.38. The number of hydrogen-bond donors (Lipinski definition) is 1. The number of carbonyl (C=O) groups is 2. The number of rotatable bonds is 2. The summed E-state index contributed by atoms with van der Waals surface area (Å²) < 4.78 is 10.2. The number of nitrogens with zero attached hydrogens (tertiary/aromatic N) is 3. The largest absolute Gasteiger partial charge is 0.378 e. The van der Waals surface area contributed by atoms with E-state index < -0.39 is 0 Å². The summed E-state index contributed by atoms with van der Waals surface area (Å²) >= 11 is 0. The number of hydrogen-bond acceptors (Lipinski definition) is 5. The molecule has 2 fully saturated rings. The van der Waals surface area contributed by atoms with Crippen LogP contribution in [0.5, 0.6) is 0 Å². The van der Waals surface area contributed by atoms with E-state index in [-0.39, 0.29) is 18.0 Å². The molecule has 0 aliphatic carbocycles. The van der Waals surface area contributed by atoms with Crippen molar-refractivity contribution in [3.05, 3.63) is 17.5 Å². The number of aryl methyl sites for hydroxylation is 1. The Labute approximate surface area is 134 Å². The fraction of sp³-hybridized carbons (Fsp3) is 0.667. The number of piperidine rings is 1. The van der Waals surface area contributed by atoms with Gasteiger partial charge < -0.3 is 24.4 Å². The van der Waals surface area contributed by atoms with Crippen LogP contribution in [0, 0.1) is 6.92 Å². The van der Waals surface area contributed by atoms with E-state index in [1.165, 1.54) is 6.20 Å². The van der Waals surface area contributed by atoms with E-state index in [4.69, 9.17) is 9.26 Å². The van der Waals surface area contributed by atoms with Gasteiger partial charge in [0.2, 0.25) is 0 Å². The maximum absolute atomic E-state index is 12.4. The molecule has 1 N–H and O–H groups in total. The Morgan fingerprint density at radius 1 is 1.17 bits per heavy atom. The van der Waals surface area contributed by atoms with Crippen LogP contribution in [0.2, 0.25) is 0 Å². The van der Waals surface area contributed by atoms with Crippen LogP contribution in [0.15, 0.2) is 10.7 Å². The van der Waals surface area contributed by atoms with E-state index in [9.17, 15) is 9.59 Å². The molecule has 1 aromatic rings. The second-order valence-electron chi connectivity index (χ2n) is 5.91. The lowest BCUT2D eigenvalue weighted by Gasteiger charge is -2.37. The van der Waals surface area contributed by atoms with Crippen molar-refractivity contribution < 1.29 is 18.8 Å². The van der Waals surface area contributed by atoms with Crippen molar-refractivity contribution in [2.24, 2.45) is 0 Å². The summed E-state index contributed by atoms with van der Waals surface area (Å²) in [4.78, 5) is 28.2. The fourth-order valence-corrected chi connectivity index (χ4v) is 2.95. The highest BCUT2D eigenvalue weighted by Gasteiger charge is 2.28. The monoisotopic (exact) mass is 322 g/mol. The van der Waals surface area contributed by atoms with Gasteiger partial charge in [0.25, 0.3) is 5.91 Å². The van der Waals surface area contributed by atoms with Gasteiger partial charge in [-0.05, 0) is 19.8 Å². The summed E-state index contributed by atoms with van der Waals surface area (Å²) in [6.07, 6.45) is 2.94. The molecule has 2 aliphatic rings. The number of morpholine rings is 1. The minimum Gasteiger partial charge on any atom is -0.378 e. The van der Waals surface area contributed by atoms with E-state index in [0.717, 1.165) is 12.8 Å². The standard InChI is InChI=1S/C15H22N4O4/c1-11-13(10-16-23-11)14(20)17-12-2-4-18(5-3-12)15(21)19-6-8-22-9-7-19/h10,12H,2-9H2,1H3,(H,17,20). The Morgan fingerprint density at radius 2 is 1.83 bits per heavy atom. The molecule has 3 heterocycles. The zero-order valence-electron chi connectivity index (χ0n) is 13.3. The molecule has 3 amide bonds. The number of likely N-dealkylation sites (tertiary alicyclic amines) is 1. The molecule has 8 heteroatoms. The highest BCUT2D eigenvalue weighted by Crippen LogP contribution is 2.15. The van der Waals surface area contributed by atoms with Gasteiger partial charge in [-0.1, -0.05) is 5.16 Å². The molecule has 0 atom stereocenters. The van der Waals surface area contributed by atoms with Crippen molar-refractivity contribution in [1.29, 1.82) is 0 Å². The van der Waals surface area contributed by atoms with Crippen LogP contribution in [-0.2, 0) is 4.74 Å². The third kappa shape index (κ3) is 3.64. The van der Waals surface area contributed by atoms with E-state index >= 15 is 0 Å². The first-order valence-electron chi connectivity index (χ1n) is 7.99. The van der Waals surface area contributed by atoms with Gasteiger partial charge in [-0.25, -0.2) is 4.79 Å². The second-order valence-corrected chi connectivity index (χ2v) is 5.91. The number of urea groups is 1. The molecule has 0 bridgehead atoms. The van der Waals surface area contributed by atoms with Crippen molar-refractivity contribution in [2.45, 2.75) is 25.8 Å². The van der Waals surface area contributed by atoms with Gasteiger partial charge in [0.15, 0.2) is 0 Å². The van der Waals surface area contributed by atoms with E-state index in [2.05, 4.69) is 10.5 Å².